The zero-order valence-corrected chi connectivity index (χ0v) is 14.4. The highest BCUT2D eigenvalue weighted by atomic mass is 16.5. The molecule has 6 heteroatoms. The van der Waals surface area contributed by atoms with Gasteiger partial charge < -0.3 is 25.2 Å². The molecule has 1 aromatic carbocycles. The first kappa shape index (κ1) is 18.7. The van der Waals surface area contributed by atoms with Crippen molar-refractivity contribution in [3.63, 3.8) is 0 Å². The second kappa shape index (κ2) is 9.01. The van der Waals surface area contributed by atoms with E-state index in [9.17, 15) is 9.90 Å². The molecule has 0 radical (unpaired) electrons. The van der Waals surface area contributed by atoms with Crippen LogP contribution >= 0.6 is 0 Å². The van der Waals surface area contributed by atoms with Gasteiger partial charge in [-0.2, -0.15) is 0 Å². The van der Waals surface area contributed by atoms with Crippen LogP contribution in [0.4, 0.5) is 0 Å². The molecule has 1 amide bonds. The van der Waals surface area contributed by atoms with Crippen LogP contribution < -0.4 is 10.5 Å². The molecule has 1 aliphatic heterocycles. The van der Waals surface area contributed by atoms with Crippen molar-refractivity contribution < 1.29 is 19.4 Å². The summed E-state index contributed by atoms with van der Waals surface area (Å²) < 4.78 is 10.9. The molecule has 1 saturated heterocycles. The quantitative estimate of drug-likeness (QED) is 0.699. The zero-order chi connectivity index (χ0) is 17.4. The van der Waals surface area contributed by atoms with Gasteiger partial charge in [-0.15, -0.1) is 0 Å². The molecule has 1 heterocycles. The molecule has 2 rings (SSSR count). The summed E-state index contributed by atoms with van der Waals surface area (Å²) in [5, 5.41) is 9.76. The molecular formula is C18H28N2O4. The summed E-state index contributed by atoms with van der Waals surface area (Å²) in [5.74, 6) is 0.682. The van der Waals surface area contributed by atoms with Crippen molar-refractivity contribution in [3.05, 3.63) is 29.8 Å². The second-order valence-electron chi connectivity index (χ2n) is 6.45. The summed E-state index contributed by atoms with van der Waals surface area (Å²) in [6.45, 7) is 3.04. The molecule has 1 aromatic rings. The van der Waals surface area contributed by atoms with Crippen LogP contribution in [0.25, 0.3) is 0 Å². The highest BCUT2D eigenvalue weighted by molar-refractivity contribution is 5.94. The van der Waals surface area contributed by atoms with Crippen molar-refractivity contribution >= 4 is 5.91 Å². The monoisotopic (exact) mass is 336 g/mol. The Morgan fingerprint density at radius 3 is 2.58 bits per heavy atom. The van der Waals surface area contributed by atoms with Crippen LogP contribution in [0.5, 0.6) is 5.75 Å². The number of aliphatic hydroxyl groups is 1. The van der Waals surface area contributed by atoms with Gasteiger partial charge in [0.05, 0.1) is 13.2 Å². The Labute approximate surface area is 143 Å². The van der Waals surface area contributed by atoms with Gasteiger partial charge in [0.2, 0.25) is 0 Å². The van der Waals surface area contributed by atoms with Crippen molar-refractivity contribution in [2.75, 3.05) is 46.6 Å². The van der Waals surface area contributed by atoms with E-state index in [-0.39, 0.29) is 17.9 Å². The molecule has 3 N–H and O–H groups in total. The fraction of sp³-hybridized carbons (Fsp3) is 0.611. The lowest BCUT2D eigenvalue weighted by atomic mass is 9.80. The van der Waals surface area contributed by atoms with E-state index in [4.69, 9.17) is 15.2 Å². The van der Waals surface area contributed by atoms with Gasteiger partial charge >= 0.3 is 0 Å². The zero-order valence-electron chi connectivity index (χ0n) is 14.4. The van der Waals surface area contributed by atoms with Crippen molar-refractivity contribution in [2.24, 2.45) is 11.1 Å². The second-order valence-corrected chi connectivity index (χ2v) is 6.45. The standard InChI is InChI=1S/C18H28N2O4/c1-20(13-18(14-21)7-11-23-12-8-18)17(22)15-3-5-16(6-4-15)24-10-2-9-19/h3-6,21H,2,7-14,19H2,1H3. The Balaban J connectivity index is 1.94. The predicted octanol–water partition coefficient (Wildman–Crippen LogP) is 1.28. The first-order valence-electron chi connectivity index (χ1n) is 8.47. The van der Waals surface area contributed by atoms with Crippen LogP contribution in [-0.2, 0) is 4.74 Å². The van der Waals surface area contributed by atoms with Gasteiger partial charge in [-0.25, -0.2) is 0 Å². The molecule has 0 bridgehead atoms. The smallest absolute Gasteiger partial charge is 0.253 e. The van der Waals surface area contributed by atoms with E-state index >= 15 is 0 Å². The fourth-order valence-corrected chi connectivity index (χ4v) is 2.93. The SMILES string of the molecule is CN(CC1(CO)CCOCC1)C(=O)c1ccc(OCCCN)cc1. The van der Waals surface area contributed by atoms with Crippen LogP contribution in [0.15, 0.2) is 24.3 Å². The van der Waals surface area contributed by atoms with E-state index in [1.54, 1.807) is 36.2 Å². The molecule has 134 valence electrons. The van der Waals surface area contributed by atoms with Gasteiger partial charge in [-0.05, 0) is 50.1 Å². The molecular weight excluding hydrogens is 308 g/mol. The lowest BCUT2D eigenvalue weighted by Gasteiger charge is -2.38. The normalized spacial score (nSPS) is 16.6. The van der Waals surface area contributed by atoms with Crippen molar-refractivity contribution in [1.82, 2.24) is 4.90 Å². The van der Waals surface area contributed by atoms with Crippen LogP contribution in [0.3, 0.4) is 0 Å². The fourth-order valence-electron chi connectivity index (χ4n) is 2.93. The number of nitrogens with zero attached hydrogens (tertiary/aromatic N) is 1. The van der Waals surface area contributed by atoms with Gasteiger partial charge in [0.1, 0.15) is 5.75 Å². The summed E-state index contributed by atoms with van der Waals surface area (Å²) >= 11 is 0. The molecule has 1 aliphatic rings. The lowest BCUT2D eigenvalue weighted by Crippen LogP contribution is -2.44. The Morgan fingerprint density at radius 2 is 2.00 bits per heavy atom. The predicted molar refractivity (Wildman–Crippen MR) is 92.1 cm³/mol. The van der Waals surface area contributed by atoms with Gasteiger partial charge in [0, 0.05) is 37.8 Å². The van der Waals surface area contributed by atoms with Crippen molar-refractivity contribution in [3.8, 4) is 5.75 Å². The van der Waals surface area contributed by atoms with E-state index < -0.39 is 0 Å². The van der Waals surface area contributed by atoms with Crippen LogP contribution in [0.2, 0.25) is 0 Å². The molecule has 0 spiro atoms. The average molecular weight is 336 g/mol. The molecule has 0 aliphatic carbocycles. The van der Waals surface area contributed by atoms with Gasteiger partial charge in [-0.3, -0.25) is 4.79 Å². The lowest BCUT2D eigenvalue weighted by molar-refractivity contribution is -0.0282. The highest BCUT2D eigenvalue weighted by Crippen LogP contribution is 2.31. The molecule has 24 heavy (non-hydrogen) atoms. The number of hydrogen-bond donors (Lipinski definition) is 2. The number of benzene rings is 1. The molecule has 0 aromatic heterocycles. The number of nitrogens with two attached hydrogens (primary N) is 1. The van der Waals surface area contributed by atoms with Gasteiger partial charge in [-0.1, -0.05) is 0 Å². The maximum atomic E-state index is 12.6. The average Bonchev–Trinajstić information content (AvgIpc) is 2.62. The summed E-state index contributed by atoms with van der Waals surface area (Å²) in [6, 6.07) is 7.14. The molecule has 0 unspecified atom stereocenters. The van der Waals surface area contributed by atoms with E-state index in [2.05, 4.69) is 0 Å². The number of amides is 1. The number of carbonyl (C=O) groups is 1. The number of carbonyl (C=O) groups excluding carboxylic acids is 1. The van der Waals surface area contributed by atoms with E-state index in [0.717, 1.165) is 25.0 Å². The third-order valence-corrected chi connectivity index (χ3v) is 4.53. The Kier molecular flexibility index (Phi) is 7.02. The van der Waals surface area contributed by atoms with Crippen LogP contribution in [0.1, 0.15) is 29.6 Å². The minimum absolute atomic E-state index is 0.0529. The summed E-state index contributed by atoms with van der Waals surface area (Å²) in [5.41, 5.74) is 5.79. The van der Waals surface area contributed by atoms with Crippen LogP contribution in [-0.4, -0.2) is 62.5 Å². The van der Waals surface area contributed by atoms with E-state index in [1.165, 1.54) is 0 Å². The maximum absolute atomic E-state index is 12.6. The Bertz CT molecular complexity index is 512. The Morgan fingerprint density at radius 1 is 1.33 bits per heavy atom. The van der Waals surface area contributed by atoms with Crippen molar-refractivity contribution in [1.29, 1.82) is 0 Å². The topological polar surface area (TPSA) is 85.0 Å². The minimum atomic E-state index is -0.256. The van der Waals surface area contributed by atoms with E-state index in [1.807, 2.05) is 0 Å². The number of rotatable bonds is 8. The summed E-state index contributed by atoms with van der Waals surface area (Å²) in [4.78, 5) is 14.3. The Hall–Kier alpha value is -1.63. The minimum Gasteiger partial charge on any atom is -0.494 e. The highest BCUT2D eigenvalue weighted by Gasteiger charge is 2.34. The summed E-state index contributed by atoms with van der Waals surface area (Å²) in [7, 11) is 1.78. The maximum Gasteiger partial charge on any atom is 0.253 e. The molecule has 6 nitrogen and oxygen atoms in total. The molecule has 0 saturated carbocycles. The van der Waals surface area contributed by atoms with Gasteiger partial charge in [0.15, 0.2) is 0 Å². The van der Waals surface area contributed by atoms with Crippen LogP contribution in [0, 0.1) is 5.41 Å². The van der Waals surface area contributed by atoms with E-state index in [0.29, 0.717) is 38.5 Å². The first-order chi connectivity index (χ1) is 11.6. The first-order valence-corrected chi connectivity index (χ1v) is 8.47. The molecule has 0 atom stereocenters. The largest absolute Gasteiger partial charge is 0.494 e. The molecule has 1 fully saturated rings. The summed E-state index contributed by atoms with van der Waals surface area (Å²) in [6.07, 6.45) is 2.35. The number of ether oxygens (including phenoxy) is 2. The number of aliphatic hydroxyl groups excluding tert-OH is 1. The van der Waals surface area contributed by atoms with Gasteiger partial charge in [0.25, 0.3) is 5.91 Å². The third-order valence-electron chi connectivity index (χ3n) is 4.53. The third kappa shape index (κ3) is 4.93. The number of hydrogen-bond acceptors (Lipinski definition) is 5. The van der Waals surface area contributed by atoms with Crippen molar-refractivity contribution in [2.45, 2.75) is 19.3 Å².